The molecule has 0 bridgehead atoms. The molecule has 0 radical (unpaired) electrons. The molecule has 0 aromatic heterocycles. The summed E-state index contributed by atoms with van der Waals surface area (Å²) >= 11 is 0. The van der Waals surface area contributed by atoms with E-state index in [1.807, 2.05) is 0 Å². The van der Waals surface area contributed by atoms with E-state index in [4.69, 9.17) is 0 Å². The second-order valence-corrected chi connectivity index (χ2v) is 5.21. The molecule has 2 aliphatic rings. The summed E-state index contributed by atoms with van der Waals surface area (Å²) in [7, 11) is 2.26. The quantitative estimate of drug-likeness (QED) is 0.747. The summed E-state index contributed by atoms with van der Waals surface area (Å²) in [5, 5.41) is 0. The molecule has 2 nitrogen and oxygen atoms in total. The molecular weight excluding hydrogens is 196 g/mol. The molecular formula is C14H20N2. The zero-order valence-corrected chi connectivity index (χ0v) is 10.0. The molecule has 0 unspecified atom stereocenters. The van der Waals surface area contributed by atoms with Crippen molar-refractivity contribution in [2.75, 3.05) is 20.1 Å². The van der Waals surface area contributed by atoms with Gasteiger partial charge >= 0.3 is 0 Å². The van der Waals surface area contributed by atoms with Gasteiger partial charge in [-0.25, -0.2) is 0 Å². The van der Waals surface area contributed by atoms with Crippen molar-refractivity contribution in [1.29, 1.82) is 0 Å². The van der Waals surface area contributed by atoms with Crippen LogP contribution in [0.1, 0.15) is 24.0 Å². The van der Waals surface area contributed by atoms with Crippen LogP contribution in [-0.2, 0) is 13.1 Å². The summed E-state index contributed by atoms with van der Waals surface area (Å²) < 4.78 is 0. The monoisotopic (exact) mass is 216 g/mol. The van der Waals surface area contributed by atoms with Gasteiger partial charge in [-0.3, -0.25) is 4.90 Å². The maximum atomic E-state index is 2.59. The first-order valence-electron chi connectivity index (χ1n) is 6.32. The second-order valence-electron chi connectivity index (χ2n) is 5.21. The highest BCUT2D eigenvalue weighted by Gasteiger charge is 2.26. The summed E-state index contributed by atoms with van der Waals surface area (Å²) in [4.78, 5) is 5.11. The summed E-state index contributed by atoms with van der Waals surface area (Å²) in [5.41, 5.74) is 3.06. The van der Waals surface area contributed by atoms with Crippen molar-refractivity contribution in [2.45, 2.75) is 32.0 Å². The number of hydrogen-bond acceptors (Lipinski definition) is 2. The third kappa shape index (κ3) is 1.87. The van der Waals surface area contributed by atoms with Crippen LogP contribution in [0.25, 0.3) is 0 Å². The molecule has 1 saturated heterocycles. The molecule has 0 saturated carbocycles. The van der Waals surface area contributed by atoms with Crippen LogP contribution in [0, 0.1) is 0 Å². The molecule has 0 spiro atoms. The Morgan fingerprint density at radius 1 is 1.19 bits per heavy atom. The van der Waals surface area contributed by atoms with Gasteiger partial charge in [-0.15, -0.1) is 0 Å². The number of fused-ring (bicyclic) bond motifs is 1. The largest absolute Gasteiger partial charge is 0.302 e. The van der Waals surface area contributed by atoms with Crippen molar-refractivity contribution < 1.29 is 0 Å². The molecule has 1 aromatic rings. The van der Waals surface area contributed by atoms with E-state index in [-0.39, 0.29) is 0 Å². The molecule has 0 N–H and O–H groups in total. The van der Waals surface area contributed by atoms with Gasteiger partial charge in [0.05, 0.1) is 0 Å². The fraction of sp³-hybridized carbons (Fsp3) is 0.571. The van der Waals surface area contributed by atoms with Crippen LogP contribution in [0.15, 0.2) is 24.3 Å². The number of hydrogen-bond donors (Lipinski definition) is 0. The molecule has 0 aliphatic carbocycles. The fourth-order valence-corrected chi connectivity index (χ4v) is 3.04. The molecule has 1 aromatic carbocycles. The Morgan fingerprint density at radius 3 is 2.44 bits per heavy atom. The molecule has 2 heterocycles. The van der Waals surface area contributed by atoms with Crippen LogP contribution in [0.2, 0.25) is 0 Å². The van der Waals surface area contributed by atoms with Crippen LogP contribution in [0.4, 0.5) is 0 Å². The SMILES string of the molecule is CN1CCC[C@@H]1CN1Cc2ccccc2C1. The van der Waals surface area contributed by atoms with Crippen molar-refractivity contribution in [2.24, 2.45) is 0 Å². The van der Waals surface area contributed by atoms with Crippen molar-refractivity contribution in [3.05, 3.63) is 35.4 Å². The van der Waals surface area contributed by atoms with Crippen molar-refractivity contribution in [1.82, 2.24) is 9.80 Å². The molecule has 0 amide bonds. The van der Waals surface area contributed by atoms with E-state index in [0.29, 0.717) is 0 Å². The molecule has 3 rings (SSSR count). The van der Waals surface area contributed by atoms with Gasteiger partial charge in [0.15, 0.2) is 0 Å². The van der Waals surface area contributed by atoms with Gasteiger partial charge in [0.2, 0.25) is 0 Å². The highest BCUT2D eigenvalue weighted by molar-refractivity contribution is 5.30. The summed E-state index contributed by atoms with van der Waals surface area (Å²) in [5.74, 6) is 0. The van der Waals surface area contributed by atoms with E-state index in [1.54, 1.807) is 0 Å². The summed E-state index contributed by atoms with van der Waals surface area (Å²) in [6, 6.07) is 9.64. The standard InChI is InChI=1S/C14H20N2/c1-15-8-4-7-14(15)11-16-9-12-5-2-3-6-13(12)10-16/h2-3,5-6,14H,4,7-11H2,1H3/t14-/m1/s1. The van der Waals surface area contributed by atoms with Gasteiger partial charge in [0.25, 0.3) is 0 Å². The number of rotatable bonds is 2. The molecule has 2 aliphatic heterocycles. The normalized spacial score (nSPS) is 26.2. The minimum absolute atomic E-state index is 0.786. The van der Waals surface area contributed by atoms with Gasteiger partial charge < -0.3 is 4.90 Å². The van der Waals surface area contributed by atoms with Gasteiger partial charge in [-0.2, -0.15) is 0 Å². The van der Waals surface area contributed by atoms with Crippen LogP contribution in [-0.4, -0.2) is 36.0 Å². The van der Waals surface area contributed by atoms with Crippen LogP contribution < -0.4 is 0 Å². The van der Waals surface area contributed by atoms with Gasteiger partial charge in [-0.05, 0) is 37.6 Å². The highest BCUT2D eigenvalue weighted by atomic mass is 15.2. The smallest absolute Gasteiger partial charge is 0.0241 e. The Kier molecular flexibility index (Phi) is 2.70. The molecule has 1 fully saturated rings. The molecule has 86 valence electrons. The van der Waals surface area contributed by atoms with E-state index < -0.39 is 0 Å². The summed E-state index contributed by atoms with van der Waals surface area (Å²) in [6.45, 7) is 4.83. The van der Waals surface area contributed by atoms with Crippen LogP contribution in [0.5, 0.6) is 0 Å². The van der Waals surface area contributed by atoms with E-state index in [0.717, 1.165) is 19.1 Å². The second kappa shape index (κ2) is 4.19. The lowest BCUT2D eigenvalue weighted by Gasteiger charge is -2.25. The Balaban J connectivity index is 1.63. The molecule has 1 atom stereocenters. The Morgan fingerprint density at radius 2 is 1.88 bits per heavy atom. The van der Waals surface area contributed by atoms with E-state index in [1.165, 1.54) is 37.1 Å². The first kappa shape index (κ1) is 10.3. The maximum Gasteiger partial charge on any atom is 0.0241 e. The number of likely N-dealkylation sites (N-methyl/N-ethyl adjacent to an activating group) is 1. The zero-order valence-electron chi connectivity index (χ0n) is 10.0. The van der Waals surface area contributed by atoms with Crippen molar-refractivity contribution >= 4 is 0 Å². The minimum atomic E-state index is 0.786. The first-order chi connectivity index (χ1) is 7.83. The lowest BCUT2D eigenvalue weighted by Crippen LogP contribution is -2.36. The van der Waals surface area contributed by atoms with E-state index in [2.05, 4.69) is 41.1 Å². The van der Waals surface area contributed by atoms with Gasteiger partial charge in [-0.1, -0.05) is 24.3 Å². The molecule has 2 heteroatoms. The van der Waals surface area contributed by atoms with Crippen molar-refractivity contribution in [3.63, 3.8) is 0 Å². The Labute approximate surface area is 97.9 Å². The number of benzene rings is 1. The van der Waals surface area contributed by atoms with E-state index in [9.17, 15) is 0 Å². The third-order valence-electron chi connectivity index (χ3n) is 4.05. The zero-order chi connectivity index (χ0) is 11.0. The predicted molar refractivity (Wildman–Crippen MR) is 66.2 cm³/mol. The fourth-order valence-electron chi connectivity index (χ4n) is 3.04. The van der Waals surface area contributed by atoms with Gasteiger partial charge in [0, 0.05) is 25.7 Å². The third-order valence-corrected chi connectivity index (χ3v) is 4.05. The molecule has 16 heavy (non-hydrogen) atoms. The van der Waals surface area contributed by atoms with Crippen LogP contribution >= 0.6 is 0 Å². The first-order valence-corrected chi connectivity index (χ1v) is 6.32. The highest BCUT2D eigenvalue weighted by Crippen LogP contribution is 2.24. The number of nitrogens with zero attached hydrogens (tertiary/aromatic N) is 2. The topological polar surface area (TPSA) is 6.48 Å². The van der Waals surface area contributed by atoms with Crippen molar-refractivity contribution in [3.8, 4) is 0 Å². The lowest BCUT2D eigenvalue weighted by atomic mass is 10.1. The minimum Gasteiger partial charge on any atom is -0.302 e. The Bertz CT molecular complexity index is 350. The maximum absolute atomic E-state index is 2.59. The van der Waals surface area contributed by atoms with Crippen LogP contribution in [0.3, 0.4) is 0 Å². The van der Waals surface area contributed by atoms with E-state index >= 15 is 0 Å². The summed E-state index contributed by atoms with van der Waals surface area (Å²) in [6.07, 6.45) is 2.76. The predicted octanol–water partition coefficient (Wildman–Crippen LogP) is 2.10. The van der Waals surface area contributed by atoms with Gasteiger partial charge in [0.1, 0.15) is 0 Å². The average Bonchev–Trinajstić information content (AvgIpc) is 2.85. The Hall–Kier alpha value is -0.860. The number of likely N-dealkylation sites (tertiary alicyclic amines) is 1. The average molecular weight is 216 g/mol. The lowest BCUT2D eigenvalue weighted by molar-refractivity contribution is 0.194.